The SMILES string of the molecule is CCN(CC)c1ccc([C@H]2c3sc(=O)[nH]c3SC3C(=O)N(c4ccc(F)cc4)C(=O)C32)cc1. The van der Waals surface area contributed by atoms with Gasteiger partial charge in [-0.1, -0.05) is 35.2 Å². The molecule has 0 saturated carbocycles. The van der Waals surface area contributed by atoms with Gasteiger partial charge in [0.1, 0.15) is 11.1 Å². The number of aromatic amines is 1. The normalized spacial score (nSPS) is 21.8. The summed E-state index contributed by atoms with van der Waals surface area (Å²) in [6, 6.07) is 13.4. The fourth-order valence-electron chi connectivity index (χ4n) is 4.70. The number of hydrogen-bond donors (Lipinski definition) is 1. The van der Waals surface area contributed by atoms with Crippen LogP contribution in [-0.4, -0.2) is 35.1 Å². The van der Waals surface area contributed by atoms with E-state index >= 15 is 0 Å². The third-order valence-electron chi connectivity index (χ3n) is 6.29. The maximum absolute atomic E-state index is 13.6. The van der Waals surface area contributed by atoms with Crippen LogP contribution in [0.15, 0.2) is 58.4 Å². The van der Waals surface area contributed by atoms with Gasteiger partial charge in [-0.15, -0.1) is 0 Å². The van der Waals surface area contributed by atoms with Gasteiger partial charge >= 0.3 is 4.87 Å². The minimum absolute atomic E-state index is 0.201. The van der Waals surface area contributed by atoms with Crippen LogP contribution in [0.4, 0.5) is 15.8 Å². The summed E-state index contributed by atoms with van der Waals surface area (Å²) in [7, 11) is 0. The van der Waals surface area contributed by atoms with Crippen LogP contribution in [0.5, 0.6) is 0 Å². The van der Waals surface area contributed by atoms with Gasteiger partial charge in [0.25, 0.3) is 0 Å². The Kier molecular flexibility index (Phi) is 5.62. The van der Waals surface area contributed by atoms with Crippen molar-refractivity contribution in [1.82, 2.24) is 4.98 Å². The van der Waals surface area contributed by atoms with Gasteiger partial charge < -0.3 is 9.88 Å². The molecule has 2 unspecified atom stereocenters. The summed E-state index contributed by atoms with van der Waals surface area (Å²) in [6.07, 6.45) is 0. The summed E-state index contributed by atoms with van der Waals surface area (Å²) in [5, 5.41) is -0.0149. The highest BCUT2D eigenvalue weighted by Gasteiger charge is 2.56. The summed E-state index contributed by atoms with van der Waals surface area (Å²) in [5.41, 5.74) is 2.32. The number of hydrogen-bond acceptors (Lipinski definition) is 6. The average Bonchev–Trinajstić information content (AvgIpc) is 3.30. The molecule has 3 aromatic rings. The van der Waals surface area contributed by atoms with E-state index in [0.717, 1.165) is 45.5 Å². The number of anilines is 2. The Morgan fingerprint density at radius 3 is 2.27 bits per heavy atom. The van der Waals surface area contributed by atoms with Crippen molar-refractivity contribution in [1.29, 1.82) is 0 Å². The van der Waals surface area contributed by atoms with E-state index in [1.165, 1.54) is 36.0 Å². The van der Waals surface area contributed by atoms with Gasteiger partial charge in [0.2, 0.25) is 11.8 Å². The maximum Gasteiger partial charge on any atom is 0.305 e. The number of nitrogens with zero attached hydrogens (tertiary/aromatic N) is 2. The lowest BCUT2D eigenvalue weighted by Gasteiger charge is -2.30. The number of fused-ring (bicyclic) bond motifs is 2. The number of H-pyrrole nitrogens is 1. The topological polar surface area (TPSA) is 73.5 Å². The molecular weight excluding hydrogens is 461 g/mol. The zero-order chi connectivity index (χ0) is 23.3. The lowest BCUT2D eigenvalue weighted by atomic mass is 9.83. The third-order valence-corrected chi connectivity index (χ3v) is 8.69. The van der Waals surface area contributed by atoms with Crippen LogP contribution in [0, 0.1) is 11.7 Å². The summed E-state index contributed by atoms with van der Waals surface area (Å²) >= 11 is 2.33. The van der Waals surface area contributed by atoms with Gasteiger partial charge in [-0.25, -0.2) is 9.29 Å². The van der Waals surface area contributed by atoms with Gasteiger partial charge in [0.15, 0.2) is 0 Å². The second kappa shape index (κ2) is 8.46. The van der Waals surface area contributed by atoms with E-state index in [4.69, 9.17) is 0 Å². The molecule has 2 aromatic carbocycles. The molecular formula is C24H22FN3O3S2. The summed E-state index contributed by atoms with van der Waals surface area (Å²) in [5.74, 6) is -2.17. The van der Waals surface area contributed by atoms with Crippen LogP contribution >= 0.6 is 23.1 Å². The molecule has 0 spiro atoms. The fraction of sp³-hybridized carbons (Fsp3) is 0.292. The molecule has 1 N–H and O–H groups in total. The zero-order valence-electron chi connectivity index (χ0n) is 18.1. The summed E-state index contributed by atoms with van der Waals surface area (Å²) in [6.45, 7) is 5.95. The first-order valence-electron chi connectivity index (χ1n) is 10.8. The molecule has 33 heavy (non-hydrogen) atoms. The zero-order valence-corrected chi connectivity index (χ0v) is 19.7. The van der Waals surface area contributed by atoms with Crippen molar-refractivity contribution in [2.45, 2.75) is 30.0 Å². The van der Waals surface area contributed by atoms with Crippen LogP contribution < -0.4 is 14.7 Å². The molecule has 0 radical (unpaired) electrons. The molecule has 5 rings (SSSR count). The van der Waals surface area contributed by atoms with Gasteiger partial charge in [0, 0.05) is 29.6 Å². The van der Waals surface area contributed by atoms with Crippen molar-refractivity contribution < 1.29 is 14.0 Å². The van der Waals surface area contributed by atoms with Crippen LogP contribution in [0.3, 0.4) is 0 Å². The number of carbonyl (C=O) groups is 2. The summed E-state index contributed by atoms with van der Waals surface area (Å²) < 4.78 is 13.4. The Labute approximate surface area is 198 Å². The number of benzene rings is 2. The number of rotatable bonds is 5. The van der Waals surface area contributed by atoms with Crippen LogP contribution in [0.2, 0.25) is 0 Å². The van der Waals surface area contributed by atoms with E-state index in [1.54, 1.807) is 0 Å². The number of carbonyl (C=O) groups excluding carboxylic acids is 2. The second-order valence-corrected chi connectivity index (χ2v) is 10.2. The molecule has 170 valence electrons. The number of halogens is 1. The highest BCUT2D eigenvalue weighted by Crippen LogP contribution is 2.53. The number of nitrogens with one attached hydrogen (secondary N) is 1. The molecule has 6 nitrogen and oxygen atoms in total. The van der Waals surface area contributed by atoms with E-state index in [1.807, 2.05) is 24.3 Å². The van der Waals surface area contributed by atoms with Gasteiger partial charge in [0.05, 0.1) is 16.6 Å². The Morgan fingerprint density at radius 2 is 1.64 bits per heavy atom. The Hall–Kier alpha value is -2.91. The molecule has 1 aromatic heterocycles. The Morgan fingerprint density at radius 1 is 0.970 bits per heavy atom. The van der Waals surface area contributed by atoms with Crippen LogP contribution in [0.1, 0.15) is 30.2 Å². The molecule has 9 heteroatoms. The molecule has 2 aliphatic rings. The predicted molar refractivity (Wildman–Crippen MR) is 129 cm³/mol. The van der Waals surface area contributed by atoms with Gasteiger partial charge in [-0.3, -0.25) is 14.4 Å². The monoisotopic (exact) mass is 483 g/mol. The van der Waals surface area contributed by atoms with Crippen LogP contribution in [-0.2, 0) is 9.59 Å². The average molecular weight is 484 g/mol. The van der Waals surface area contributed by atoms with E-state index in [2.05, 4.69) is 23.7 Å². The molecule has 2 aliphatic heterocycles. The molecule has 2 amide bonds. The quantitative estimate of drug-likeness (QED) is 0.550. The minimum atomic E-state index is -0.659. The smallest absolute Gasteiger partial charge is 0.305 e. The Balaban J connectivity index is 1.59. The van der Waals surface area contributed by atoms with Crippen molar-refractivity contribution in [2.24, 2.45) is 5.92 Å². The number of amides is 2. The maximum atomic E-state index is 13.6. The van der Waals surface area contributed by atoms with Crippen molar-refractivity contribution in [3.63, 3.8) is 0 Å². The Bertz CT molecular complexity index is 1270. The lowest BCUT2D eigenvalue weighted by Crippen LogP contribution is -2.32. The first kappa shape index (κ1) is 21.9. The highest BCUT2D eigenvalue weighted by atomic mass is 32.2. The molecule has 0 aliphatic carbocycles. The van der Waals surface area contributed by atoms with Crippen molar-refractivity contribution in [3.05, 3.63) is 74.5 Å². The second-order valence-electron chi connectivity index (χ2n) is 8.00. The van der Waals surface area contributed by atoms with Crippen molar-refractivity contribution >= 4 is 46.3 Å². The molecule has 3 heterocycles. The number of thioether (sulfide) groups is 1. The molecule has 3 atom stereocenters. The van der Waals surface area contributed by atoms with E-state index in [9.17, 15) is 18.8 Å². The number of thiazole rings is 1. The molecule has 1 fully saturated rings. The first-order chi connectivity index (χ1) is 15.9. The van der Waals surface area contributed by atoms with Gasteiger partial charge in [-0.05, 0) is 55.8 Å². The highest BCUT2D eigenvalue weighted by molar-refractivity contribution is 8.00. The lowest BCUT2D eigenvalue weighted by molar-refractivity contribution is -0.122. The first-order valence-corrected chi connectivity index (χ1v) is 12.5. The number of imide groups is 1. The van der Waals surface area contributed by atoms with Crippen molar-refractivity contribution in [3.8, 4) is 0 Å². The van der Waals surface area contributed by atoms with Crippen molar-refractivity contribution in [2.75, 3.05) is 22.9 Å². The standard InChI is InChI=1S/C24H22FN3O3S2/c1-3-27(4-2)15-9-5-13(6-10-15)17-18-20(32-21-19(17)33-24(31)26-21)23(30)28(22(18)29)16-11-7-14(25)8-12-16/h5-12,17-18,20H,3-4H2,1-2H3,(H,26,31)/t17-,18?,20?/m1/s1. The number of aromatic nitrogens is 1. The fourth-order valence-corrected chi connectivity index (χ4v) is 7.22. The minimum Gasteiger partial charge on any atom is -0.372 e. The van der Waals surface area contributed by atoms with E-state index in [-0.39, 0.29) is 16.7 Å². The molecule has 1 saturated heterocycles. The van der Waals surface area contributed by atoms with Gasteiger partial charge in [-0.2, -0.15) is 0 Å². The van der Waals surface area contributed by atoms with E-state index < -0.39 is 22.9 Å². The van der Waals surface area contributed by atoms with E-state index in [0.29, 0.717) is 10.7 Å². The van der Waals surface area contributed by atoms with Crippen LogP contribution in [0.25, 0.3) is 0 Å². The third kappa shape index (κ3) is 3.59. The predicted octanol–water partition coefficient (Wildman–Crippen LogP) is 4.22. The largest absolute Gasteiger partial charge is 0.372 e. The molecule has 0 bridgehead atoms. The summed E-state index contributed by atoms with van der Waals surface area (Å²) in [4.78, 5) is 45.9.